The molecule has 1 saturated heterocycles. The van der Waals surface area contributed by atoms with Crippen LogP contribution < -0.4 is 9.80 Å². The Kier molecular flexibility index (Phi) is 3.83. The molecule has 3 heterocycles. The average Bonchev–Trinajstić information content (AvgIpc) is 3.25. The molecule has 1 unspecified atom stereocenters. The number of non-ortho nitro benzene ring substituents is 1. The van der Waals surface area contributed by atoms with Crippen LogP contribution in [0.3, 0.4) is 0 Å². The summed E-state index contributed by atoms with van der Waals surface area (Å²) in [5.41, 5.74) is 1.91. The van der Waals surface area contributed by atoms with Crippen LogP contribution in [-0.2, 0) is 16.1 Å². The minimum atomic E-state index is -0.669. The number of imidazole rings is 1. The van der Waals surface area contributed by atoms with Crippen LogP contribution in [0.25, 0.3) is 11.0 Å². The average molecular weight is 391 g/mol. The highest BCUT2D eigenvalue weighted by Gasteiger charge is 2.45. The predicted octanol–water partition coefficient (Wildman–Crippen LogP) is 2.49. The van der Waals surface area contributed by atoms with Gasteiger partial charge in [0.2, 0.25) is 11.9 Å². The number of aryl methyl sites for hydroxylation is 1. The quantitative estimate of drug-likeness (QED) is 0.386. The predicted molar refractivity (Wildman–Crippen MR) is 106 cm³/mol. The molecule has 146 valence electrons. The molecule has 9 nitrogen and oxygen atoms in total. The molecule has 0 saturated carbocycles. The van der Waals surface area contributed by atoms with Gasteiger partial charge in [-0.05, 0) is 24.6 Å². The Hall–Kier alpha value is -3.75. The van der Waals surface area contributed by atoms with E-state index in [4.69, 9.17) is 4.98 Å². The highest BCUT2D eigenvalue weighted by molar-refractivity contribution is 6.23. The number of benzene rings is 2. The van der Waals surface area contributed by atoms with Gasteiger partial charge in [-0.1, -0.05) is 18.2 Å². The lowest BCUT2D eigenvalue weighted by atomic mass is 10.2. The van der Waals surface area contributed by atoms with Crippen LogP contribution in [0.1, 0.15) is 12.8 Å². The van der Waals surface area contributed by atoms with Crippen molar-refractivity contribution in [3.8, 4) is 0 Å². The number of fused-ring (bicyclic) bond motifs is 3. The fourth-order valence-corrected chi connectivity index (χ4v) is 4.17. The molecule has 2 aliphatic rings. The van der Waals surface area contributed by atoms with E-state index in [1.165, 1.54) is 24.3 Å². The second kappa shape index (κ2) is 6.40. The topological polar surface area (TPSA) is 102 Å². The fourth-order valence-electron chi connectivity index (χ4n) is 4.17. The summed E-state index contributed by atoms with van der Waals surface area (Å²) in [6, 6.07) is 12.7. The van der Waals surface area contributed by atoms with Crippen molar-refractivity contribution in [1.82, 2.24) is 9.55 Å². The van der Waals surface area contributed by atoms with Crippen molar-refractivity contribution in [3.63, 3.8) is 0 Å². The van der Waals surface area contributed by atoms with Crippen molar-refractivity contribution in [1.29, 1.82) is 0 Å². The first-order chi connectivity index (χ1) is 14.0. The van der Waals surface area contributed by atoms with Gasteiger partial charge < -0.3 is 9.47 Å². The second-order valence-electron chi connectivity index (χ2n) is 7.16. The number of nitro benzene ring substituents is 1. The van der Waals surface area contributed by atoms with Crippen LogP contribution in [0.4, 0.5) is 17.3 Å². The number of imide groups is 1. The lowest BCUT2D eigenvalue weighted by Gasteiger charge is -2.32. The molecule has 0 aliphatic carbocycles. The van der Waals surface area contributed by atoms with Crippen molar-refractivity contribution in [2.45, 2.75) is 25.4 Å². The van der Waals surface area contributed by atoms with Crippen LogP contribution in [0.2, 0.25) is 0 Å². The number of amides is 2. The number of hydrogen-bond acceptors (Lipinski definition) is 6. The molecule has 9 heteroatoms. The first-order valence-corrected chi connectivity index (χ1v) is 9.38. The van der Waals surface area contributed by atoms with Gasteiger partial charge in [-0.15, -0.1) is 0 Å². The number of rotatable bonds is 3. The van der Waals surface area contributed by atoms with Gasteiger partial charge in [-0.3, -0.25) is 19.7 Å². The molecule has 1 fully saturated rings. The first-order valence-electron chi connectivity index (χ1n) is 9.38. The SMILES string of the molecule is O=C1CC(N2CCCn3c2nc2ccccc23)C(=O)N1c1cccc([N+](=O)[O-])c1. The maximum absolute atomic E-state index is 13.2. The van der Waals surface area contributed by atoms with Gasteiger partial charge >= 0.3 is 0 Å². The monoisotopic (exact) mass is 391 g/mol. The van der Waals surface area contributed by atoms with E-state index < -0.39 is 11.0 Å². The summed E-state index contributed by atoms with van der Waals surface area (Å²) in [6.07, 6.45) is 0.854. The van der Waals surface area contributed by atoms with Crippen molar-refractivity contribution < 1.29 is 14.5 Å². The third-order valence-corrected chi connectivity index (χ3v) is 5.47. The number of nitrogens with zero attached hydrogens (tertiary/aromatic N) is 5. The summed E-state index contributed by atoms with van der Waals surface area (Å²) in [4.78, 5) is 44.0. The van der Waals surface area contributed by atoms with Crippen molar-refractivity contribution >= 4 is 40.2 Å². The molecule has 0 spiro atoms. The van der Waals surface area contributed by atoms with Crippen LogP contribution in [0.15, 0.2) is 48.5 Å². The zero-order valence-electron chi connectivity index (χ0n) is 15.4. The van der Waals surface area contributed by atoms with Crippen LogP contribution >= 0.6 is 0 Å². The van der Waals surface area contributed by atoms with E-state index in [9.17, 15) is 19.7 Å². The Morgan fingerprint density at radius 3 is 2.72 bits per heavy atom. The number of carbonyl (C=O) groups excluding carboxylic acids is 2. The lowest BCUT2D eigenvalue weighted by Crippen LogP contribution is -2.46. The molecule has 0 radical (unpaired) electrons. The minimum Gasteiger partial charge on any atom is -0.330 e. The van der Waals surface area contributed by atoms with E-state index in [1.807, 2.05) is 29.2 Å². The first kappa shape index (κ1) is 17.4. The van der Waals surface area contributed by atoms with Gasteiger partial charge in [0.15, 0.2) is 0 Å². The maximum atomic E-state index is 13.2. The summed E-state index contributed by atoms with van der Waals surface area (Å²) in [5, 5.41) is 11.1. The molecular formula is C20H17N5O4. The second-order valence-corrected chi connectivity index (χ2v) is 7.16. The summed E-state index contributed by atoms with van der Waals surface area (Å²) >= 11 is 0. The lowest BCUT2D eigenvalue weighted by molar-refractivity contribution is -0.384. The summed E-state index contributed by atoms with van der Waals surface area (Å²) in [7, 11) is 0. The molecule has 29 heavy (non-hydrogen) atoms. The van der Waals surface area contributed by atoms with E-state index in [-0.39, 0.29) is 29.6 Å². The van der Waals surface area contributed by atoms with E-state index in [2.05, 4.69) is 4.57 Å². The van der Waals surface area contributed by atoms with Crippen molar-refractivity contribution in [2.75, 3.05) is 16.3 Å². The minimum absolute atomic E-state index is 0.0186. The third-order valence-electron chi connectivity index (χ3n) is 5.47. The van der Waals surface area contributed by atoms with E-state index in [0.29, 0.717) is 12.5 Å². The molecule has 0 N–H and O–H groups in total. The van der Waals surface area contributed by atoms with Gasteiger partial charge in [0.1, 0.15) is 6.04 Å². The Labute approximate surface area is 165 Å². The van der Waals surface area contributed by atoms with E-state index in [1.54, 1.807) is 0 Å². The van der Waals surface area contributed by atoms with Crippen molar-refractivity contribution in [3.05, 3.63) is 58.6 Å². The third kappa shape index (κ3) is 2.65. The molecule has 2 amide bonds. The smallest absolute Gasteiger partial charge is 0.271 e. The molecule has 1 aromatic heterocycles. The molecule has 1 atom stereocenters. The van der Waals surface area contributed by atoms with Crippen LogP contribution in [0.5, 0.6) is 0 Å². The fraction of sp³-hybridized carbons (Fsp3) is 0.250. The van der Waals surface area contributed by atoms with Gasteiger partial charge in [-0.25, -0.2) is 9.88 Å². The number of carbonyl (C=O) groups is 2. The standard InChI is InChI=1S/C20H17N5O4/c26-18-12-17(19(27)24(18)13-5-3-6-14(11-13)25(28)29)23-10-4-9-22-16-8-2-1-7-15(16)21-20(22)23/h1-3,5-8,11,17H,4,9-10,12H2. The molecular weight excluding hydrogens is 374 g/mol. The Morgan fingerprint density at radius 2 is 1.90 bits per heavy atom. The normalized spacial score (nSPS) is 19.1. The van der Waals surface area contributed by atoms with Gasteiger partial charge in [0, 0.05) is 25.2 Å². The Morgan fingerprint density at radius 1 is 1.07 bits per heavy atom. The largest absolute Gasteiger partial charge is 0.330 e. The number of hydrogen-bond donors (Lipinski definition) is 0. The molecule has 3 aromatic rings. The molecule has 0 bridgehead atoms. The zero-order chi connectivity index (χ0) is 20.1. The highest BCUT2D eigenvalue weighted by Crippen LogP contribution is 2.33. The molecule has 2 aromatic carbocycles. The van der Waals surface area contributed by atoms with Gasteiger partial charge in [-0.2, -0.15) is 0 Å². The van der Waals surface area contributed by atoms with Gasteiger partial charge in [0.05, 0.1) is 28.1 Å². The van der Waals surface area contributed by atoms with Crippen molar-refractivity contribution in [2.24, 2.45) is 0 Å². The van der Waals surface area contributed by atoms with Crippen LogP contribution in [-0.4, -0.2) is 38.9 Å². The highest BCUT2D eigenvalue weighted by atomic mass is 16.6. The number of anilines is 2. The summed E-state index contributed by atoms with van der Waals surface area (Å²) in [5.74, 6) is -0.0609. The zero-order valence-corrected chi connectivity index (χ0v) is 15.4. The summed E-state index contributed by atoms with van der Waals surface area (Å²) in [6.45, 7) is 1.42. The van der Waals surface area contributed by atoms with Gasteiger partial charge in [0.25, 0.3) is 11.6 Å². The van der Waals surface area contributed by atoms with E-state index in [0.717, 1.165) is 28.9 Å². The molecule has 2 aliphatic heterocycles. The number of nitro groups is 1. The Bertz CT molecular complexity index is 1170. The number of para-hydroxylation sites is 2. The van der Waals surface area contributed by atoms with E-state index >= 15 is 0 Å². The summed E-state index contributed by atoms with van der Waals surface area (Å²) < 4.78 is 2.08. The maximum Gasteiger partial charge on any atom is 0.271 e. The molecule has 5 rings (SSSR count). The Balaban J connectivity index is 1.51. The van der Waals surface area contributed by atoms with Crippen LogP contribution in [0, 0.1) is 10.1 Å². The number of aromatic nitrogens is 2.